The molecule has 0 fully saturated rings. The summed E-state index contributed by atoms with van der Waals surface area (Å²) in [7, 11) is 0. The molecule has 0 unspecified atom stereocenters. The molecule has 20 heteroatoms. The van der Waals surface area contributed by atoms with Gasteiger partial charge in [0.25, 0.3) is 18.3 Å². The van der Waals surface area contributed by atoms with Gasteiger partial charge in [-0.3, -0.25) is 14.4 Å². The minimum absolute atomic E-state index is 0. The third-order valence-electron chi connectivity index (χ3n) is 7.08. The van der Waals surface area contributed by atoms with E-state index in [1.54, 1.807) is 62.4 Å². The number of benzene rings is 4. The minimum atomic E-state index is -1.88. The monoisotopic (exact) mass is 958 g/mol. The number of carbonyl (C=O) groups is 3. The first-order valence-corrected chi connectivity index (χ1v) is 17.0. The number of phenolic OH excluding ortho intramolecular Hbond substituents is 1. The van der Waals surface area contributed by atoms with Crippen LogP contribution in [0.4, 0.5) is 31.5 Å². The molecule has 0 saturated heterocycles. The largest absolute Gasteiger partial charge is 1.00 e. The zero-order chi connectivity index (χ0) is 43.3. The Morgan fingerprint density at radius 1 is 0.836 bits per heavy atom. The van der Waals surface area contributed by atoms with Gasteiger partial charge in [-0.15, -0.1) is 0 Å². The second-order valence-electron chi connectivity index (χ2n) is 11.8. The minimum Gasteiger partial charge on any atom is -1.00 e. The average Bonchev–Trinajstić information content (AvgIpc) is 3.18. The molecule has 2 amide bonds. The molecule has 0 aliphatic rings. The maximum absolute atomic E-state index is 13.6. The van der Waals surface area contributed by atoms with Crippen LogP contribution in [-0.4, -0.2) is 56.7 Å². The van der Waals surface area contributed by atoms with Crippen LogP contribution in [0.1, 0.15) is 52.4 Å². The van der Waals surface area contributed by atoms with Crippen molar-refractivity contribution in [1.82, 2.24) is 0 Å². The van der Waals surface area contributed by atoms with Crippen LogP contribution < -0.4 is 123 Å². The number of nitrogens with one attached hydrogen (secondary N) is 2. The van der Waals surface area contributed by atoms with E-state index in [2.05, 4.69) is 41.1 Å². The molecule has 4 aromatic carbocycles. The SMILES string of the molecule is C.C.N#Cc1ccc(O)cc1F.O=CO[O-].[C-]#[N+]c1ccc(NC(=O)[C@@](C)(O)CBr)cc1C.[C-]#[N+]c1ccc(NC(=O)[C@@](C)(O)COc2ccc(C#N)c(F)c2)cc1C.[H-].[K+].[K+]. The fourth-order valence-corrected chi connectivity index (χ4v) is 4.12. The zero-order valence-electron chi connectivity index (χ0n) is 33.6. The Kier molecular flexibility index (Phi) is 33.6. The summed E-state index contributed by atoms with van der Waals surface area (Å²) in [6, 6.07) is 20.1. The van der Waals surface area contributed by atoms with Gasteiger partial charge in [0.2, 0.25) is 0 Å². The molecule has 314 valence electrons. The maximum atomic E-state index is 13.6. The van der Waals surface area contributed by atoms with Crippen LogP contribution in [-0.2, 0) is 19.3 Å². The van der Waals surface area contributed by atoms with Crippen molar-refractivity contribution in [3.8, 4) is 23.6 Å². The molecular formula is C41H43BrF2K2N6O9. The van der Waals surface area contributed by atoms with Crippen molar-refractivity contribution >= 4 is 57.0 Å². The van der Waals surface area contributed by atoms with E-state index in [0.29, 0.717) is 28.3 Å². The number of hydrogen-bond acceptors (Lipinski definition) is 11. The van der Waals surface area contributed by atoms with Gasteiger partial charge in [-0.25, -0.2) is 18.5 Å². The Hall–Kier alpha value is -3.66. The Labute approximate surface area is 448 Å². The summed E-state index contributed by atoms with van der Waals surface area (Å²) in [5.74, 6) is -2.71. The number of amides is 2. The van der Waals surface area contributed by atoms with Crippen molar-refractivity contribution < 1.29 is 158 Å². The summed E-state index contributed by atoms with van der Waals surface area (Å²) in [5, 5.41) is 59.4. The van der Waals surface area contributed by atoms with E-state index >= 15 is 0 Å². The number of ether oxygens (including phenoxy) is 1. The number of aryl methyl sites for hydroxylation is 2. The number of aliphatic hydroxyl groups is 2. The molecule has 0 bridgehead atoms. The molecule has 5 N–H and O–H groups in total. The predicted molar refractivity (Wildman–Crippen MR) is 218 cm³/mol. The van der Waals surface area contributed by atoms with Crippen molar-refractivity contribution in [1.29, 1.82) is 10.5 Å². The molecule has 0 aliphatic heterocycles. The number of nitrogens with zero attached hydrogens (tertiary/aromatic N) is 4. The van der Waals surface area contributed by atoms with Gasteiger partial charge in [-0.2, -0.15) is 10.5 Å². The molecule has 4 aromatic rings. The molecule has 0 spiro atoms. The van der Waals surface area contributed by atoms with Crippen LogP contribution in [0, 0.1) is 61.3 Å². The van der Waals surface area contributed by atoms with Crippen molar-refractivity contribution in [3.63, 3.8) is 0 Å². The molecular weight excluding hydrogens is 917 g/mol. The first-order valence-electron chi connectivity index (χ1n) is 15.9. The second kappa shape index (κ2) is 32.1. The van der Waals surface area contributed by atoms with E-state index in [-0.39, 0.29) is 153 Å². The molecule has 15 nitrogen and oxygen atoms in total. The number of rotatable bonds is 9. The van der Waals surface area contributed by atoms with Crippen molar-refractivity contribution in [2.75, 3.05) is 22.6 Å². The number of carbonyl (C=O) groups excluding carboxylic acids is 3. The first-order chi connectivity index (χ1) is 26.8. The number of aromatic hydroxyl groups is 1. The van der Waals surface area contributed by atoms with E-state index < -0.39 is 41.3 Å². The Bertz CT molecular complexity index is 2250. The number of hydrogen-bond donors (Lipinski definition) is 5. The summed E-state index contributed by atoms with van der Waals surface area (Å²) in [5.41, 5.74) is 0.00108. The molecule has 4 rings (SSSR count). The Balaban J connectivity index is -0.000000261. The molecule has 0 saturated carbocycles. The molecule has 2 atom stereocenters. The topological polar surface area (TPSA) is 234 Å². The molecule has 0 radical (unpaired) electrons. The summed E-state index contributed by atoms with van der Waals surface area (Å²) in [6.07, 6.45) is 0. The van der Waals surface area contributed by atoms with Crippen LogP contribution in [0.25, 0.3) is 9.69 Å². The van der Waals surface area contributed by atoms with Crippen LogP contribution in [0.5, 0.6) is 11.5 Å². The third-order valence-corrected chi connectivity index (χ3v) is 8.17. The van der Waals surface area contributed by atoms with Gasteiger partial charge in [0, 0.05) is 28.8 Å². The molecule has 0 heterocycles. The predicted octanol–water partition coefficient (Wildman–Crippen LogP) is 1.19. The normalized spacial score (nSPS) is 10.9. The number of phenols is 1. The summed E-state index contributed by atoms with van der Waals surface area (Å²) < 4.78 is 31.3. The van der Waals surface area contributed by atoms with Crippen molar-refractivity contribution in [3.05, 3.63) is 130 Å². The van der Waals surface area contributed by atoms with Gasteiger partial charge >= 0.3 is 103 Å². The molecule has 0 aliphatic carbocycles. The first kappa shape index (κ1) is 64.0. The summed E-state index contributed by atoms with van der Waals surface area (Å²) >= 11 is 3.07. The standard InChI is InChI=1S/C19H16FN3O3.C12H13BrN2O2.C7H4FNO.CH2O3.2CH4.2K.H/c1-12-8-14(5-7-17(12)22-3)23-18(24)19(2,25)11-26-15-6-4-13(10-21)16(20)9-15;1-8-6-9(4-5-10(8)14-3)15-11(16)12(2,17)7-13;8-7-3-6(10)2-1-5(7)4-9;2-1-4-3;;;;;/h4-9,25H,11H2,1-2H3,(H,23,24);4-6,17H,7H2,1-2H3,(H,15,16);1-3,10H;1,3H;2*1H4;;;/q;;;;;;2*+1;-1/p-1/t19-;12-;;;;;;;/m00......./s1. The Morgan fingerprint density at radius 2 is 1.25 bits per heavy atom. The zero-order valence-corrected chi connectivity index (χ0v) is 40.5. The smallest absolute Gasteiger partial charge is 1.00 e. The van der Waals surface area contributed by atoms with Crippen LogP contribution in [0.2, 0.25) is 0 Å². The number of alkyl halides is 1. The van der Waals surface area contributed by atoms with E-state index in [1.807, 2.05) is 0 Å². The number of nitriles is 2. The van der Waals surface area contributed by atoms with Gasteiger partial charge in [0.1, 0.15) is 47.5 Å². The average molecular weight is 960 g/mol. The molecule has 61 heavy (non-hydrogen) atoms. The van der Waals surface area contributed by atoms with Crippen LogP contribution in [0.3, 0.4) is 0 Å². The fourth-order valence-electron chi connectivity index (χ4n) is 3.87. The second-order valence-corrected chi connectivity index (χ2v) is 12.4. The van der Waals surface area contributed by atoms with E-state index in [9.17, 15) is 28.6 Å². The summed E-state index contributed by atoms with van der Waals surface area (Å²) in [4.78, 5) is 41.9. The van der Waals surface area contributed by atoms with Gasteiger partial charge in [0.15, 0.2) is 17.0 Å². The van der Waals surface area contributed by atoms with Gasteiger partial charge < -0.3 is 42.3 Å². The Morgan fingerprint density at radius 3 is 1.59 bits per heavy atom. The number of anilines is 2. The maximum Gasteiger partial charge on any atom is 1.00 e. The fraction of sp³-hybridized carbons (Fsp3) is 0.244. The van der Waals surface area contributed by atoms with E-state index in [4.69, 9.17) is 43.6 Å². The van der Waals surface area contributed by atoms with Crippen molar-refractivity contribution in [2.24, 2.45) is 0 Å². The van der Waals surface area contributed by atoms with Gasteiger partial charge in [-0.05, 0) is 87.4 Å². The third kappa shape index (κ3) is 22.3. The van der Waals surface area contributed by atoms with Crippen LogP contribution in [0.15, 0.2) is 72.8 Å². The summed E-state index contributed by atoms with van der Waals surface area (Å²) in [6.45, 7) is 19.6. The molecule has 0 aromatic heterocycles. The quantitative estimate of drug-likeness (QED) is 0.0399. The van der Waals surface area contributed by atoms with E-state index in [0.717, 1.165) is 17.7 Å². The van der Waals surface area contributed by atoms with Gasteiger partial charge in [0.05, 0.1) is 24.3 Å². The number of halogens is 3. The van der Waals surface area contributed by atoms with Gasteiger partial charge in [-0.1, -0.05) is 42.9 Å². The van der Waals surface area contributed by atoms with Crippen LogP contribution >= 0.6 is 15.9 Å². The van der Waals surface area contributed by atoms with Crippen molar-refractivity contribution in [2.45, 2.75) is 53.8 Å². The van der Waals surface area contributed by atoms with E-state index in [1.165, 1.54) is 38.1 Å².